The van der Waals surface area contributed by atoms with Crippen molar-refractivity contribution in [1.82, 2.24) is 19.9 Å². The fourth-order valence-electron chi connectivity index (χ4n) is 1.05. The molecule has 0 aliphatic carbocycles. The number of rotatable bonds is 2. The molecule has 0 fully saturated rings. The van der Waals surface area contributed by atoms with Crippen LogP contribution in [0.15, 0.2) is 16.9 Å². The van der Waals surface area contributed by atoms with Gasteiger partial charge in [-0.1, -0.05) is 5.16 Å². The molecule has 2 rings (SSSR count). The molecule has 74 valence electrons. The van der Waals surface area contributed by atoms with Crippen LogP contribution in [0.1, 0.15) is 18.1 Å². The van der Waals surface area contributed by atoms with Crippen LogP contribution in [-0.4, -0.2) is 19.9 Å². The second-order valence-electron chi connectivity index (χ2n) is 2.98. The molecule has 2 aromatic rings. The van der Waals surface area contributed by atoms with E-state index in [4.69, 9.17) is 16.1 Å². The second-order valence-corrected chi connectivity index (χ2v) is 3.63. The van der Waals surface area contributed by atoms with Crippen LogP contribution in [0, 0.1) is 0 Å². The lowest BCUT2D eigenvalue weighted by molar-refractivity contribution is 0.422. The number of aromatic nitrogens is 4. The van der Waals surface area contributed by atoms with Crippen molar-refractivity contribution in [2.45, 2.75) is 12.3 Å². The first-order chi connectivity index (χ1) is 6.66. The number of nitrogens with zero attached hydrogens (tertiary/aromatic N) is 4. The van der Waals surface area contributed by atoms with Gasteiger partial charge in [-0.25, -0.2) is 0 Å². The average Bonchev–Trinajstić information content (AvgIpc) is 2.70. The Hall–Kier alpha value is -1.36. The maximum atomic E-state index is 5.80. The molecule has 0 saturated carbocycles. The molecule has 0 N–H and O–H groups in total. The molecule has 0 aliphatic rings. The van der Waals surface area contributed by atoms with Crippen molar-refractivity contribution in [1.29, 1.82) is 0 Å². The van der Waals surface area contributed by atoms with E-state index in [-0.39, 0.29) is 5.38 Å². The number of aryl methyl sites for hydroxylation is 1. The van der Waals surface area contributed by atoms with Gasteiger partial charge in [-0.3, -0.25) is 4.68 Å². The number of halogens is 1. The van der Waals surface area contributed by atoms with E-state index in [1.54, 1.807) is 24.0 Å². The normalized spacial score (nSPS) is 13.1. The maximum Gasteiger partial charge on any atom is 0.261 e. The van der Waals surface area contributed by atoms with E-state index in [9.17, 15) is 0 Å². The van der Waals surface area contributed by atoms with Gasteiger partial charge in [0.15, 0.2) is 5.82 Å². The minimum absolute atomic E-state index is 0.246. The van der Waals surface area contributed by atoms with Gasteiger partial charge >= 0.3 is 0 Å². The summed E-state index contributed by atoms with van der Waals surface area (Å²) in [5.41, 5.74) is 0.795. The van der Waals surface area contributed by atoms with E-state index in [1.807, 2.05) is 7.05 Å². The molecule has 0 spiro atoms. The van der Waals surface area contributed by atoms with Gasteiger partial charge in [0, 0.05) is 13.2 Å². The Morgan fingerprint density at radius 2 is 2.36 bits per heavy atom. The summed E-state index contributed by atoms with van der Waals surface area (Å²) >= 11 is 5.80. The fourth-order valence-corrected chi connectivity index (χ4v) is 1.13. The van der Waals surface area contributed by atoms with Gasteiger partial charge in [0.25, 0.3) is 5.89 Å². The molecule has 0 amide bonds. The van der Waals surface area contributed by atoms with Crippen molar-refractivity contribution in [3.05, 3.63) is 18.2 Å². The smallest absolute Gasteiger partial charge is 0.261 e. The molecule has 1 atom stereocenters. The van der Waals surface area contributed by atoms with Gasteiger partial charge in [-0.15, -0.1) is 11.6 Å². The topological polar surface area (TPSA) is 56.7 Å². The Kier molecular flexibility index (Phi) is 2.25. The third-order valence-corrected chi connectivity index (χ3v) is 1.94. The van der Waals surface area contributed by atoms with Crippen LogP contribution in [0.5, 0.6) is 0 Å². The Bertz CT molecular complexity index is 434. The summed E-state index contributed by atoms with van der Waals surface area (Å²) in [5.74, 6) is 0.936. The highest BCUT2D eigenvalue weighted by Crippen LogP contribution is 2.20. The summed E-state index contributed by atoms with van der Waals surface area (Å²) in [4.78, 5) is 4.13. The van der Waals surface area contributed by atoms with Crippen LogP contribution in [-0.2, 0) is 7.05 Å². The van der Waals surface area contributed by atoms with E-state index >= 15 is 0 Å². The second kappa shape index (κ2) is 3.42. The van der Waals surface area contributed by atoms with Crippen LogP contribution in [0.3, 0.4) is 0 Å². The quantitative estimate of drug-likeness (QED) is 0.712. The van der Waals surface area contributed by atoms with E-state index in [2.05, 4.69) is 15.2 Å². The SMILES string of the molecule is CC(Cl)c1noc(-c2cnn(C)c2)n1. The van der Waals surface area contributed by atoms with Gasteiger partial charge in [0.1, 0.15) is 0 Å². The fraction of sp³-hybridized carbons (Fsp3) is 0.375. The minimum Gasteiger partial charge on any atom is -0.334 e. The van der Waals surface area contributed by atoms with Gasteiger partial charge in [-0.05, 0) is 6.92 Å². The molecular formula is C8H9ClN4O. The van der Waals surface area contributed by atoms with Gasteiger partial charge < -0.3 is 4.52 Å². The summed E-state index contributed by atoms with van der Waals surface area (Å²) in [6.45, 7) is 1.79. The monoisotopic (exact) mass is 212 g/mol. The lowest BCUT2D eigenvalue weighted by Crippen LogP contribution is -1.86. The van der Waals surface area contributed by atoms with E-state index in [1.165, 1.54) is 0 Å². The molecule has 0 saturated heterocycles. The highest BCUT2D eigenvalue weighted by Gasteiger charge is 2.13. The average molecular weight is 213 g/mol. The summed E-state index contributed by atoms with van der Waals surface area (Å²) in [6, 6.07) is 0. The zero-order chi connectivity index (χ0) is 10.1. The van der Waals surface area contributed by atoms with Gasteiger partial charge in [-0.2, -0.15) is 10.1 Å². The highest BCUT2D eigenvalue weighted by atomic mass is 35.5. The zero-order valence-electron chi connectivity index (χ0n) is 7.81. The van der Waals surface area contributed by atoms with Crippen molar-refractivity contribution in [3.63, 3.8) is 0 Å². The van der Waals surface area contributed by atoms with Crippen LogP contribution in [0.2, 0.25) is 0 Å². The van der Waals surface area contributed by atoms with Crippen molar-refractivity contribution in [2.75, 3.05) is 0 Å². The van der Waals surface area contributed by atoms with Gasteiger partial charge in [0.05, 0.1) is 17.1 Å². The molecule has 14 heavy (non-hydrogen) atoms. The summed E-state index contributed by atoms with van der Waals surface area (Å²) < 4.78 is 6.70. The van der Waals surface area contributed by atoms with Crippen LogP contribution < -0.4 is 0 Å². The van der Waals surface area contributed by atoms with Crippen molar-refractivity contribution >= 4 is 11.6 Å². The number of hydrogen-bond donors (Lipinski definition) is 0. The zero-order valence-corrected chi connectivity index (χ0v) is 8.56. The molecule has 6 heteroatoms. The standard InChI is InChI=1S/C8H9ClN4O/c1-5(9)7-11-8(14-12-7)6-3-10-13(2)4-6/h3-5H,1-2H3. The third kappa shape index (κ3) is 1.63. The van der Waals surface area contributed by atoms with Crippen LogP contribution >= 0.6 is 11.6 Å². The lowest BCUT2D eigenvalue weighted by Gasteiger charge is -1.89. The molecule has 0 radical (unpaired) electrons. The minimum atomic E-state index is -0.246. The predicted octanol–water partition coefficient (Wildman–Crippen LogP) is 1.77. The Morgan fingerprint density at radius 3 is 2.86 bits per heavy atom. The Labute approximate surface area is 85.7 Å². The molecule has 0 aromatic carbocycles. The van der Waals surface area contributed by atoms with Crippen LogP contribution in [0.4, 0.5) is 0 Å². The molecule has 2 heterocycles. The molecule has 5 nitrogen and oxygen atoms in total. The largest absolute Gasteiger partial charge is 0.334 e. The first-order valence-corrected chi connectivity index (χ1v) is 4.57. The molecule has 2 aromatic heterocycles. The maximum absolute atomic E-state index is 5.80. The van der Waals surface area contributed by atoms with Crippen molar-refractivity contribution in [2.24, 2.45) is 7.05 Å². The first-order valence-electron chi connectivity index (χ1n) is 4.13. The van der Waals surface area contributed by atoms with Crippen molar-refractivity contribution in [3.8, 4) is 11.5 Å². The summed E-state index contributed by atoms with van der Waals surface area (Å²) in [5, 5.41) is 7.50. The lowest BCUT2D eigenvalue weighted by atomic mass is 10.3. The van der Waals surface area contributed by atoms with Crippen LogP contribution in [0.25, 0.3) is 11.5 Å². The van der Waals surface area contributed by atoms with E-state index in [0.717, 1.165) is 5.56 Å². The Balaban J connectivity index is 2.33. The molecule has 0 bridgehead atoms. The predicted molar refractivity (Wildman–Crippen MR) is 50.8 cm³/mol. The molecular weight excluding hydrogens is 204 g/mol. The summed E-state index contributed by atoms with van der Waals surface area (Å²) in [6.07, 6.45) is 3.46. The highest BCUT2D eigenvalue weighted by molar-refractivity contribution is 6.20. The van der Waals surface area contributed by atoms with E-state index in [0.29, 0.717) is 11.7 Å². The summed E-state index contributed by atoms with van der Waals surface area (Å²) in [7, 11) is 1.82. The molecule has 0 aliphatic heterocycles. The third-order valence-electron chi connectivity index (χ3n) is 1.75. The Morgan fingerprint density at radius 1 is 1.57 bits per heavy atom. The first kappa shape index (κ1) is 9.21. The molecule has 1 unspecified atom stereocenters. The van der Waals surface area contributed by atoms with E-state index < -0.39 is 0 Å². The van der Waals surface area contributed by atoms with Gasteiger partial charge in [0.2, 0.25) is 0 Å². The number of hydrogen-bond acceptors (Lipinski definition) is 4. The van der Waals surface area contributed by atoms with Crippen molar-refractivity contribution < 1.29 is 4.52 Å². The number of alkyl halides is 1.